The molecule has 1 heterocycles. The molecule has 3 aromatic carbocycles. The molecule has 0 bridgehead atoms. The van der Waals surface area contributed by atoms with Gasteiger partial charge in [0.15, 0.2) is 17.5 Å². The van der Waals surface area contributed by atoms with E-state index in [1.807, 2.05) is 0 Å². The molecule has 0 fully saturated rings. The van der Waals surface area contributed by atoms with E-state index in [0.29, 0.717) is 22.5 Å². The van der Waals surface area contributed by atoms with Gasteiger partial charge in [0, 0.05) is 10.9 Å². The lowest BCUT2D eigenvalue weighted by Crippen LogP contribution is -2.34. The number of imide groups is 1. The fraction of sp³-hybridized carbons (Fsp3) is 0.0455. The summed E-state index contributed by atoms with van der Waals surface area (Å²) in [6, 6.07) is 13.4. The van der Waals surface area contributed by atoms with Gasteiger partial charge in [0.25, 0.3) is 5.91 Å². The maximum Gasteiger partial charge on any atom is 0.327 e. The zero-order valence-corrected chi connectivity index (χ0v) is 16.3. The molecule has 32 heavy (non-hydrogen) atoms. The predicted octanol–water partition coefficient (Wildman–Crippen LogP) is 4.52. The quantitative estimate of drug-likeness (QED) is 0.398. The highest BCUT2D eigenvalue weighted by Gasteiger charge is 2.16. The lowest BCUT2D eigenvalue weighted by molar-refractivity contribution is 0.0967. The number of anilines is 1. The minimum absolute atomic E-state index is 0.104. The molecule has 0 atom stereocenters. The van der Waals surface area contributed by atoms with Gasteiger partial charge in [-0.15, -0.1) is 0 Å². The van der Waals surface area contributed by atoms with E-state index in [1.165, 1.54) is 12.1 Å². The van der Waals surface area contributed by atoms with Gasteiger partial charge >= 0.3 is 6.03 Å². The van der Waals surface area contributed by atoms with Crippen molar-refractivity contribution < 1.29 is 27.5 Å². The second-order valence-electron chi connectivity index (χ2n) is 6.66. The van der Waals surface area contributed by atoms with Gasteiger partial charge in [-0.1, -0.05) is 18.2 Å². The number of hydrogen-bond donors (Lipinski definition) is 3. The highest BCUT2D eigenvalue weighted by atomic mass is 19.2. The number of nitrogens with one attached hydrogen (secondary N) is 3. The first-order valence-corrected chi connectivity index (χ1v) is 9.33. The van der Waals surface area contributed by atoms with Crippen LogP contribution < -0.4 is 15.4 Å². The van der Waals surface area contributed by atoms with Gasteiger partial charge in [0.1, 0.15) is 18.2 Å². The number of aromatic nitrogens is 2. The second-order valence-corrected chi connectivity index (χ2v) is 6.66. The number of H-pyrrole nitrogens is 1. The van der Waals surface area contributed by atoms with Gasteiger partial charge < -0.3 is 4.74 Å². The predicted molar refractivity (Wildman–Crippen MR) is 110 cm³/mol. The number of aromatic amines is 1. The molecular weight excluding hydrogens is 425 g/mol. The van der Waals surface area contributed by atoms with Crippen LogP contribution in [-0.2, 0) is 6.61 Å². The van der Waals surface area contributed by atoms with E-state index in [4.69, 9.17) is 4.74 Å². The molecule has 1 aromatic heterocycles. The number of ether oxygens (including phenoxy) is 1. The zero-order chi connectivity index (χ0) is 22.7. The van der Waals surface area contributed by atoms with Crippen molar-refractivity contribution in [2.24, 2.45) is 0 Å². The van der Waals surface area contributed by atoms with E-state index in [0.717, 1.165) is 6.07 Å². The van der Waals surface area contributed by atoms with Gasteiger partial charge in [-0.3, -0.25) is 20.5 Å². The lowest BCUT2D eigenvalue weighted by Gasteiger charge is -2.09. The Morgan fingerprint density at radius 2 is 1.72 bits per heavy atom. The summed E-state index contributed by atoms with van der Waals surface area (Å²) in [5, 5.41) is 11.7. The Bertz CT molecular complexity index is 1310. The normalized spacial score (nSPS) is 10.7. The number of halogens is 3. The Hall–Kier alpha value is -4.34. The van der Waals surface area contributed by atoms with Crippen LogP contribution in [0, 0.1) is 17.5 Å². The third-order valence-electron chi connectivity index (χ3n) is 4.55. The van der Waals surface area contributed by atoms with Crippen LogP contribution in [0.15, 0.2) is 60.7 Å². The molecular formula is C22H15F3N4O3. The molecule has 0 radical (unpaired) electrons. The first-order chi connectivity index (χ1) is 15.4. The maximum absolute atomic E-state index is 13.8. The summed E-state index contributed by atoms with van der Waals surface area (Å²) in [5.41, 5.74) is 0.293. The Morgan fingerprint density at radius 1 is 0.969 bits per heavy atom. The van der Waals surface area contributed by atoms with Crippen molar-refractivity contribution in [3.8, 4) is 5.75 Å². The van der Waals surface area contributed by atoms with E-state index < -0.39 is 41.6 Å². The molecule has 3 N–H and O–H groups in total. The van der Waals surface area contributed by atoms with Crippen LogP contribution in [-0.4, -0.2) is 22.1 Å². The van der Waals surface area contributed by atoms with Crippen LogP contribution in [0.1, 0.15) is 15.9 Å². The highest BCUT2D eigenvalue weighted by molar-refractivity contribution is 6.09. The Kier molecular flexibility index (Phi) is 5.75. The number of fused-ring (bicyclic) bond motifs is 1. The minimum Gasteiger partial charge on any atom is -0.489 e. The van der Waals surface area contributed by atoms with Crippen molar-refractivity contribution in [3.05, 3.63) is 89.2 Å². The van der Waals surface area contributed by atoms with Gasteiger partial charge in [0.2, 0.25) is 0 Å². The van der Waals surface area contributed by atoms with Crippen LogP contribution in [0.5, 0.6) is 5.75 Å². The number of amides is 3. The first-order valence-electron chi connectivity index (χ1n) is 9.33. The molecule has 0 aliphatic rings. The number of nitrogens with zero attached hydrogens (tertiary/aromatic N) is 1. The number of carbonyl (C=O) groups excluding carboxylic acids is 2. The van der Waals surface area contributed by atoms with Gasteiger partial charge in [0.05, 0.1) is 11.1 Å². The topological polar surface area (TPSA) is 96.1 Å². The molecule has 3 amide bonds. The Morgan fingerprint density at radius 3 is 2.50 bits per heavy atom. The molecule has 0 saturated carbocycles. The summed E-state index contributed by atoms with van der Waals surface area (Å²) in [6.45, 7) is -0.548. The number of urea groups is 1. The van der Waals surface area contributed by atoms with E-state index in [9.17, 15) is 22.8 Å². The summed E-state index contributed by atoms with van der Waals surface area (Å²) in [5.74, 6) is -3.73. The molecule has 0 saturated heterocycles. The van der Waals surface area contributed by atoms with Gasteiger partial charge in [-0.25, -0.2) is 18.0 Å². The summed E-state index contributed by atoms with van der Waals surface area (Å²) in [4.78, 5) is 24.3. The lowest BCUT2D eigenvalue weighted by atomic mass is 10.2. The molecule has 10 heteroatoms. The van der Waals surface area contributed by atoms with Gasteiger partial charge in [-0.2, -0.15) is 5.10 Å². The highest BCUT2D eigenvalue weighted by Crippen LogP contribution is 2.26. The van der Waals surface area contributed by atoms with Crippen molar-refractivity contribution in [1.82, 2.24) is 15.5 Å². The van der Waals surface area contributed by atoms with Crippen molar-refractivity contribution in [2.75, 3.05) is 5.32 Å². The van der Waals surface area contributed by atoms with Crippen LogP contribution in [0.3, 0.4) is 0 Å². The fourth-order valence-electron chi connectivity index (χ4n) is 2.94. The number of hydrogen-bond acceptors (Lipinski definition) is 4. The third-order valence-corrected chi connectivity index (χ3v) is 4.55. The standard InChI is InChI=1S/C22H15F3N4O3/c23-16-7-8-17(24)19(25)15(16)11-32-13-6-9-18-14(10-13)20(29-28-18)26-22(31)27-21(30)12-4-2-1-3-5-12/h1-10H,11H2,(H3,26,27,28,29,30,31). The SMILES string of the molecule is O=C(NC(=O)c1ccccc1)Nc1n[nH]c2ccc(OCc3c(F)ccc(F)c3F)cc12. The van der Waals surface area contributed by atoms with Crippen molar-refractivity contribution in [2.45, 2.75) is 6.61 Å². The molecule has 0 aliphatic carbocycles. The van der Waals surface area contributed by atoms with Crippen molar-refractivity contribution >= 4 is 28.7 Å². The largest absolute Gasteiger partial charge is 0.489 e. The average molecular weight is 440 g/mol. The van der Waals surface area contributed by atoms with E-state index >= 15 is 0 Å². The molecule has 7 nitrogen and oxygen atoms in total. The first kappa shape index (κ1) is 20.9. The van der Waals surface area contributed by atoms with E-state index in [-0.39, 0.29) is 11.6 Å². The van der Waals surface area contributed by atoms with Crippen molar-refractivity contribution in [1.29, 1.82) is 0 Å². The summed E-state index contributed by atoms with van der Waals surface area (Å²) in [6.07, 6.45) is 0. The van der Waals surface area contributed by atoms with Crippen LogP contribution in [0.4, 0.5) is 23.8 Å². The third kappa shape index (κ3) is 4.38. The summed E-state index contributed by atoms with van der Waals surface area (Å²) in [7, 11) is 0. The number of benzene rings is 3. The molecule has 4 aromatic rings. The van der Waals surface area contributed by atoms with Crippen LogP contribution >= 0.6 is 0 Å². The number of carbonyl (C=O) groups is 2. The van der Waals surface area contributed by atoms with E-state index in [1.54, 1.807) is 36.4 Å². The molecule has 0 spiro atoms. The average Bonchev–Trinajstić information content (AvgIpc) is 3.18. The van der Waals surface area contributed by atoms with Crippen LogP contribution in [0.25, 0.3) is 10.9 Å². The summed E-state index contributed by atoms with van der Waals surface area (Å²) < 4.78 is 46.3. The van der Waals surface area contributed by atoms with Gasteiger partial charge in [-0.05, 0) is 42.5 Å². The second kappa shape index (κ2) is 8.80. The molecule has 162 valence electrons. The molecule has 0 unspecified atom stereocenters. The van der Waals surface area contributed by atoms with Crippen molar-refractivity contribution in [3.63, 3.8) is 0 Å². The zero-order valence-electron chi connectivity index (χ0n) is 16.3. The molecule has 4 rings (SSSR count). The Labute approximate surface area is 179 Å². The summed E-state index contributed by atoms with van der Waals surface area (Å²) >= 11 is 0. The Balaban J connectivity index is 1.47. The van der Waals surface area contributed by atoms with Crippen LogP contribution in [0.2, 0.25) is 0 Å². The maximum atomic E-state index is 13.8. The monoisotopic (exact) mass is 440 g/mol. The molecule has 0 aliphatic heterocycles. The number of rotatable bonds is 5. The van der Waals surface area contributed by atoms with E-state index in [2.05, 4.69) is 20.8 Å². The minimum atomic E-state index is -1.32. The smallest absolute Gasteiger partial charge is 0.327 e. The fourth-order valence-corrected chi connectivity index (χ4v) is 2.94.